The lowest BCUT2D eigenvalue weighted by atomic mass is 10.1. The van der Waals surface area contributed by atoms with Crippen molar-refractivity contribution in [2.45, 2.75) is 17.9 Å². The highest BCUT2D eigenvalue weighted by molar-refractivity contribution is 7.98. The summed E-state index contributed by atoms with van der Waals surface area (Å²) in [7, 11) is 1.83. The predicted octanol–water partition coefficient (Wildman–Crippen LogP) is 3.82. The van der Waals surface area contributed by atoms with Crippen molar-refractivity contribution in [1.82, 2.24) is 19.7 Å². The number of nitrogens with zero attached hydrogens (tertiary/aromatic N) is 4. The first-order chi connectivity index (χ1) is 12.1. The average molecular weight is 352 g/mol. The first-order valence-electron chi connectivity index (χ1n) is 7.96. The van der Waals surface area contributed by atoms with Crippen LogP contribution in [0.4, 0.5) is 0 Å². The van der Waals surface area contributed by atoms with Gasteiger partial charge in [0.05, 0.1) is 11.7 Å². The van der Waals surface area contributed by atoms with Gasteiger partial charge in [-0.15, -0.1) is 11.8 Å². The second kappa shape index (κ2) is 7.53. The van der Waals surface area contributed by atoms with E-state index in [4.69, 9.17) is 0 Å². The summed E-state index contributed by atoms with van der Waals surface area (Å²) in [4.78, 5) is 19.6. The summed E-state index contributed by atoms with van der Waals surface area (Å²) in [5.41, 5.74) is 2.71. The van der Waals surface area contributed by atoms with Crippen molar-refractivity contribution in [1.29, 1.82) is 0 Å². The number of hydrogen-bond acceptors (Lipinski definition) is 4. The molecule has 0 aliphatic carbocycles. The number of benzene rings is 2. The Morgan fingerprint density at radius 1 is 1.12 bits per heavy atom. The van der Waals surface area contributed by atoms with Gasteiger partial charge in [-0.25, -0.2) is 9.67 Å². The van der Waals surface area contributed by atoms with Crippen molar-refractivity contribution >= 4 is 17.7 Å². The largest absolute Gasteiger partial charge is 0.335 e. The fourth-order valence-corrected chi connectivity index (χ4v) is 2.99. The van der Waals surface area contributed by atoms with Crippen LogP contribution in [0.5, 0.6) is 0 Å². The van der Waals surface area contributed by atoms with Gasteiger partial charge in [0.2, 0.25) is 0 Å². The Morgan fingerprint density at radius 2 is 1.80 bits per heavy atom. The van der Waals surface area contributed by atoms with Gasteiger partial charge in [-0.2, -0.15) is 5.10 Å². The quantitative estimate of drug-likeness (QED) is 0.655. The molecule has 0 spiro atoms. The van der Waals surface area contributed by atoms with Crippen LogP contribution < -0.4 is 0 Å². The molecule has 0 fully saturated rings. The van der Waals surface area contributed by atoms with E-state index in [1.807, 2.05) is 68.8 Å². The average Bonchev–Trinajstić information content (AvgIpc) is 3.21. The molecule has 1 aromatic heterocycles. The highest BCUT2D eigenvalue weighted by atomic mass is 32.2. The van der Waals surface area contributed by atoms with Crippen LogP contribution in [0.3, 0.4) is 0 Å². The summed E-state index contributed by atoms with van der Waals surface area (Å²) in [6.45, 7) is 2.03. The SMILES string of the molecule is CSc1ccc(C(=O)N(C)C(C)c2ccc(-n3cncn3)cc2)cc1. The third-order valence-electron chi connectivity index (χ3n) is 4.30. The fourth-order valence-electron chi connectivity index (χ4n) is 2.58. The lowest BCUT2D eigenvalue weighted by Crippen LogP contribution is -2.29. The molecule has 3 rings (SSSR count). The Morgan fingerprint density at radius 3 is 2.36 bits per heavy atom. The number of amides is 1. The van der Waals surface area contributed by atoms with E-state index < -0.39 is 0 Å². The van der Waals surface area contributed by atoms with E-state index in [9.17, 15) is 4.79 Å². The molecule has 0 radical (unpaired) electrons. The Kier molecular flexibility index (Phi) is 5.19. The summed E-state index contributed by atoms with van der Waals surface area (Å²) < 4.78 is 1.70. The van der Waals surface area contributed by atoms with Gasteiger partial charge in [-0.1, -0.05) is 12.1 Å². The van der Waals surface area contributed by atoms with Gasteiger partial charge >= 0.3 is 0 Å². The summed E-state index contributed by atoms with van der Waals surface area (Å²) in [6.07, 6.45) is 5.19. The van der Waals surface area contributed by atoms with Crippen molar-refractivity contribution in [3.8, 4) is 5.69 Å². The molecule has 1 atom stereocenters. The number of hydrogen-bond donors (Lipinski definition) is 0. The van der Waals surface area contributed by atoms with E-state index in [1.54, 1.807) is 27.7 Å². The van der Waals surface area contributed by atoms with Crippen molar-refractivity contribution in [3.63, 3.8) is 0 Å². The predicted molar refractivity (Wildman–Crippen MR) is 100 cm³/mol. The minimum Gasteiger partial charge on any atom is -0.335 e. The zero-order valence-corrected chi connectivity index (χ0v) is 15.3. The van der Waals surface area contributed by atoms with Gasteiger partial charge in [0.15, 0.2) is 0 Å². The molecule has 0 saturated carbocycles. The third-order valence-corrected chi connectivity index (χ3v) is 5.04. The summed E-state index contributed by atoms with van der Waals surface area (Å²) >= 11 is 1.66. The summed E-state index contributed by atoms with van der Waals surface area (Å²) in [6, 6.07) is 15.7. The van der Waals surface area contributed by atoms with Crippen LogP contribution in [0.2, 0.25) is 0 Å². The van der Waals surface area contributed by atoms with Crippen molar-refractivity contribution in [3.05, 3.63) is 72.3 Å². The maximum Gasteiger partial charge on any atom is 0.254 e. The molecule has 1 heterocycles. The molecule has 0 aliphatic heterocycles. The van der Waals surface area contributed by atoms with Crippen LogP contribution in [0, 0.1) is 0 Å². The highest BCUT2D eigenvalue weighted by Gasteiger charge is 2.19. The molecule has 1 amide bonds. The third kappa shape index (κ3) is 3.74. The van der Waals surface area contributed by atoms with Crippen molar-refractivity contribution < 1.29 is 4.79 Å². The van der Waals surface area contributed by atoms with E-state index in [1.165, 1.54) is 6.33 Å². The first-order valence-corrected chi connectivity index (χ1v) is 9.19. The molecule has 0 aliphatic rings. The van der Waals surface area contributed by atoms with Gasteiger partial charge in [-0.05, 0) is 55.1 Å². The van der Waals surface area contributed by atoms with Crippen LogP contribution in [0.15, 0.2) is 66.1 Å². The molecular formula is C19H20N4OS. The molecule has 25 heavy (non-hydrogen) atoms. The molecule has 1 unspecified atom stereocenters. The van der Waals surface area contributed by atoms with Gasteiger partial charge in [0.25, 0.3) is 5.91 Å². The lowest BCUT2D eigenvalue weighted by Gasteiger charge is -2.25. The number of aromatic nitrogens is 3. The topological polar surface area (TPSA) is 51.0 Å². The van der Waals surface area contributed by atoms with Crippen LogP contribution in [0.1, 0.15) is 28.9 Å². The summed E-state index contributed by atoms with van der Waals surface area (Å²) in [5.74, 6) is 0.0144. The second-order valence-corrected chi connectivity index (χ2v) is 6.63. The molecule has 128 valence electrons. The standard InChI is InChI=1S/C19H20N4OS/c1-14(15-4-8-17(9-5-15)23-13-20-12-21-23)22(2)19(24)16-6-10-18(25-3)11-7-16/h4-14H,1-3H3. The molecule has 3 aromatic rings. The minimum absolute atomic E-state index is 0.0144. The molecule has 0 saturated heterocycles. The fraction of sp³-hybridized carbons (Fsp3) is 0.211. The molecule has 0 bridgehead atoms. The molecule has 5 nitrogen and oxygen atoms in total. The second-order valence-electron chi connectivity index (χ2n) is 5.75. The Bertz CT molecular complexity index is 829. The van der Waals surface area contributed by atoms with E-state index in [-0.39, 0.29) is 11.9 Å². The van der Waals surface area contributed by atoms with Crippen LogP contribution in [-0.4, -0.2) is 38.9 Å². The van der Waals surface area contributed by atoms with Crippen molar-refractivity contribution in [2.24, 2.45) is 0 Å². The number of rotatable bonds is 5. The van der Waals surface area contributed by atoms with Crippen LogP contribution >= 0.6 is 11.8 Å². The molecule has 0 N–H and O–H groups in total. The Hall–Kier alpha value is -2.60. The van der Waals surface area contributed by atoms with E-state index in [2.05, 4.69) is 10.1 Å². The number of carbonyl (C=O) groups is 1. The maximum absolute atomic E-state index is 12.7. The summed E-state index contributed by atoms with van der Waals surface area (Å²) in [5, 5.41) is 4.12. The molecular weight excluding hydrogens is 332 g/mol. The minimum atomic E-state index is -0.0301. The van der Waals surface area contributed by atoms with E-state index in [0.717, 1.165) is 16.1 Å². The Balaban J connectivity index is 1.74. The zero-order valence-electron chi connectivity index (χ0n) is 14.5. The zero-order chi connectivity index (χ0) is 17.8. The van der Waals surface area contributed by atoms with Crippen LogP contribution in [0.25, 0.3) is 5.69 Å². The van der Waals surface area contributed by atoms with E-state index >= 15 is 0 Å². The highest BCUT2D eigenvalue weighted by Crippen LogP contribution is 2.23. The molecule has 6 heteroatoms. The van der Waals surface area contributed by atoms with Crippen molar-refractivity contribution in [2.75, 3.05) is 13.3 Å². The normalized spacial score (nSPS) is 12.0. The first kappa shape index (κ1) is 17.2. The lowest BCUT2D eigenvalue weighted by molar-refractivity contribution is 0.0742. The van der Waals surface area contributed by atoms with Gasteiger partial charge in [0.1, 0.15) is 12.7 Å². The van der Waals surface area contributed by atoms with Crippen LogP contribution in [-0.2, 0) is 0 Å². The van der Waals surface area contributed by atoms with Gasteiger partial charge < -0.3 is 4.90 Å². The smallest absolute Gasteiger partial charge is 0.254 e. The Labute approximate surface area is 151 Å². The van der Waals surface area contributed by atoms with Gasteiger partial charge in [-0.3, -0.25) is 4.79 Å². The van der Waals surface area contributed by atoms with Gasteiger partial charge in [0, 0.05) is 17.5 Å². The molecule has 2 aromatic carbocycles. The maximum atomic E-state index is 12.7. The monoisotopic (exact) mass is 352 g/mol. The number of thioether (sulfide) groups is 1. The van der Waals surface area contributed by atoms with E-state index in [0.29, 0.717) is 5.56 Å². The number of carbonyl (C=O) groups excluding carboxylic acids is 1.